The van der Waals surface area contributed by atoms with E-state index in [4.69, 9.17) is 5.26 Å². The van der Waals surface area contributed by atoms with E-state index >= 15 is 0 Å². The molecule has 0 unspecified atom stereocenters. The first-order chi connectivity index (χ1) is 11.7. The Morgan fingerprint density at radius 3 is 2.38 bits per heavy atom. The summed E-state index contributed by atoms with van der Waals surface area (Å²) in [6.45, 7) is 0.661. The number of hydrogen-bond acceptors (Lipinski definition) is 4. The van der Waals surface area contributed by atoms with Crippen molar-refractivity contribution in [2.45, 2.75) is 13.0 Å². The SMILES string of the molecule is N#Cc1ccc(Cn2ccnc2Cc2ccc([N+](=O)[O-])cc2)cc1. The van der Waals surface area contributed by atoms with Crippen molar-refractivity contribution >= 4 is 5.69 Å². The highest BCUT2D eigenvalue weighted by Crippen LogP contribution is 2.15. The molecule has 0 atom stereocenters. The molecule has 0 aliphatic rings. The fourth-order valence-corrected chi connectivity index (χ4v) is 2.45. The monoisotopic (exact) mass is 318 g/mol. The van der Waals surface area contributed by atoms with Crippen molar-refractivity contribution in [2.75, 3.05) is 0 Å². The molecule has 0 bridgehead atoms. The number of imidazole rings is 1. The molecule has 0 radical (unpaired) electrons. The van der Waals surface area contributed by atoms with Crippen LogP contribution in [0.5, 0.6) is 0 Å². The van der Waals surface area contributed by atoms with Gasteiger partial charge in [0.1, 0.15) is 5.82 Å². The minimum atomic E-state index is -0.407. The number of benzene rings is 2. The Bertz CT molecular complexity index is 890. The van der Waals surface area contributed by atoms with Gasteiger partial charge in [0.2, 0.25) is 0 Å². The summed E-state index contributed by atoms with van der Waals surface area (Å²) < 4.78 is 2.03. The summed E-state index contributed by atoms with van der Waals surface area (Å²) in [6, 6.07) is 16.0. The molecular formula is C18H14N4O2. The molecule has 6 heteroatoms. The zero-order valence-electron chi connectivity index (χ0n) is 12.8. The van der Waals surface area contributed by atoms with E-state index in [0.717, 1.165) is 17.0 Å². The molecule has 3 rings (SSSR count). The molecule has 118 valence electrons. The third kappa shape index (κ3) is 3.47. The van der Waals surface area contributed by atoms with Gasteiger partial charge in [-0.25, -0.2) is 4.98 Å². The third-order valence-electron chi connectivity index (χ3n) is 3.75. The molecular weight excluding hydrogens is 304 g/mol. The Morgan fingerprint density at radius 2 is 1.75 bits per heavy atom. The van der Waals surface area contributed by atoms with Gasteiger partial charge in [0.05, 0.1) is 16.6 Å². The number of non-ortho nitro benzene ring substituents is 1. The Kier molecular flexibility index (Phi) is 4.34. The maximum Gasteiger partial charge on any atom is 0.269 e. The molecule has 1 aromatic heterocycles. The van der Waals surface area contributed by atoms with Gasteiger partial charge in [-0.1, -0.05) is 24.3 Å². The smallest absolute Gasteiger partial charge is 0.269 e. The molecule has 0 saturated carbocycles. The van der Waals surface area contributed by atoms with Gasteiger partial charge in [0, 0.05) is 37.5 Å². The average Bonchev–Trinajstić information content (AvgIpc) is 3.03. The number of hydrogen-bond donors (Lipinski definition) is 0. The number of aromatic nitrogens is 2. The molecule has 0 spiro atoms. The van der Waals surface area contributed by atoms with Gasteiger partial charge in [0.25, 0.3) is 5.69 Å². The van der Waals surface area contributed by atoms with Crippen LogP contribution in [-0.4, -0.2) is 14.5 Å². The van der Waals surface area contributed by atoms with E-state index in [1.54, 1.807) is 30.5 Å². The van der Waals surface area contributed by atoms with Crippen molar-refractivity contribution in [3.05, 3.63) is 93.6 Å². The van der Waals surface area contributed by atoms with E-state index in [1.807, 2.05) is 22.9 Å². The lowest BCUT2D eigenvalue weighted by Crippen LogP contribution is -2.05. The standard InChI is InChI=1S/C18H14N4O2/c19-12-15-1-3-16(4-2-15)13-21-10-9-20-18(21)11-14-5-7-17(8-6-14)22(23)24/h1-10H,11,13H2. The number of nitro groups is 1. The lowest BCUT2D eigenvalue weighted by molar-refractivity contribution is -0.384. The number of nitriles is 1. The number of nitrogens with zero attached hydrogens (tertiary/aromatic N) is 4. The molecule has 24 heavy (non-hydrogen) atoms. The predicted octanol–water partition coefficient (Wildman–Crippen LogP) is 3.30. The van der Waals surface area contributed by atoms with Crippen LogP contribution in [0, 0.1) is 21.4 Å². The zero-order valence-corrected chi connectivity index (χ0v) is 12.8. The van der Waals surface area contributed by atoms with E-state index in [0.29, 0.717) is 18.5 Å². The van der Waals surface area contributed by atoms with E-state index in [1.165, 1.54) is 12.1 Å². The third-order valence-corrected chi connectivity index (χ3v) is 3.75. The second kappa shape index (κ2) is 6.75. The summed E-state index contributed by atoms with van der Waals surface area (Å²) in [7, 11) is 0. The maximum absolute atomic E-state index is 10.7. The predicted molar refractivity (Wildman–Crippen MR) is 88.4 cm³/mol. The molecule has 0 saturated heterocycles. The molecule has 0 amide bonds. The summed E-state index contributed by atoms with van der Waals surface area (Å²) in [5.74, 6) is 0.883. The second-order valence-corrected chi connectivity index (χ2v) is 5.38. The number of rotatable bonds is 5. The largest absolute Gasteiger partial charge is 0.330 e. The molecule has 0 N–H and O–H groups in total. The van der Waals surface area contributed by atoms with E-state index in [2.05, 4.69) is 11.1 Å². The zero-order chi connectivity index (χ0) is 16.9. The topological polar surface area (TPSA) is 84.8 Å². The van der Waals surface area contributed by atoms with E-state index in [-0.39, 0.29) is 5.69 Å². The summed E-state index contributed by atoms with van der Waals surface area (Å²) in [4.78, 5) is 14.7. The van der Waals surface area contributed by atoms with Crippen molar-refractivity contribution < 1.29 is 4.92 Å². The average molecular weight is 318 g/mol. The van der Waals surface area contributed by atoms with Gasteiger partial charge in [0.15, 0.2) is 0 Å². The molecule has 3 aromatic rings. The Morgan fingerprint density at radius 1 is 1.08 bits per heavy atom. The van der Waals surface area contributed by atoms with Crippen molar-refractivity contribution in [3.8, 4) is 6.07 Å². The fraction of sp³-hybridized carbons (Fsp3) is 0.111. The van der Waals surface area contributed by atoms with Gasteiger partial charge >= 0.3 is 0 Å². The highest BCUT2D eigenvalue weighted by molar-refractivity contribution is 5.34. The van der Waals surface area contributed by atoms with Crippen molar-refractivity contribution in [1.82, 2.24) is 9.55 Å². The molecule has 0 aliphatic carbocycles. The van der Waals surface area contributed by atoms with E-state index < -0.39 is 4.92 Å². The molecule has 0 aliphatic heterocycles. The Labute approximate surface area is 138 Å². The first-order valence-electron chi connectivity index (χ1n) is 7.38. The van der Waals surface area contributed by atoms with Crippen LogP contribution in [0.1, 0.15) is 22.5 Å². The van der Waals surface area contributed by atoms with Crippen LogP contribution in [0.15, 0.2) is 60.9 Å². The fourth-order valence-electron chi connectivity index (χ4n) is 2.45. The first-order valence-corrected chi connectivity index (χ1v) is 7.38. The van der Waals surface area contributed by atoms with Crippen LogP contribution in [0.3, 0.4) is 0 Å². The Balaban J connectivity index is 1.75. The molecule has 6 nitrogen and oxygen atoms in total. The van der Waals surface area contributed by atoms with Crippen LogP contribution < -0.4 is 0 Å². The summed E-state index contributed by atoms with van der Waals surface area (Å²) in [5.41, 5.74) is 2.76. The van der Waals surface area contributed by atoms with E-state index in [9.17, 15) is 10.1 Å². The van der Waals surface area contributed by atoms with Gasteiger partial charge in [-0.3, -0.25) is 10.1 Å². The normalized spacial score (nSPS) is 10.3. The second-order valence-electron chi connectivity index (χ2n) is 5.38. The summed E-state index contributed by atoms with van der Waals surface area (Å²) in [6.07, 6.45) is 4.24. The van der Waals surface area contributed by atoms with Crippen LogP contribution in [-0.2, 0) is 13.0 Å². The van der Waals surface area contributed by atoms with Crippen molar-refractivity contribution in [2.24, 2.45) is 0 Å². The Hall–Kier alpha value is -3.46. The number of nitro benzene ring substituents is 1. The molecule has 2 aromatic carbocycles. The van der Waals surface area contributed by atoms with Crippen LogP contribution in [0.25, 0.3) is 0 Å². The van der Waals surface area contributed by atoms with Gasteiger partial charge in [-0.05, 0) is 23.3 Å². The van der Waals surface area contributed by atoms with Gasteiger partial charge in [-0.2, -0.15) is 5.26 Å². The highest BCUT2D eigenvalue weighted by Gasteiger charge is 2.08. The van der Waals surface area contributed by atoms with Gasteiger partial charge in [-0.15, -0.1) is 0 Å². The molecule has 1 heterocycles. The quantitative estimate of drug-likeness (QED) is 0.533. The summed E-state index contributed by atoms with van der Waals surface area (Å²) in [5, 5.41) is 19.5. The molecule has 0 fully saturated rings. The van der Waals surface area contributed by atoms with Crippen LogP contribution in [0.4, 0.5) is 5.69 Å². The van der Waals surface area contributed by atoms with Crippen molar-refractivity contribution in [1.29, 1.82) is 5.26 Å². The maximum atomic E-state index is 10.7. The highest BCUT2D eigenvalue weighted by atomic mass is 16.6. The lowest BCUT2D eigenvalue weighted by Gasteiger charge is -2.08. The first kappa shape index (κ1) is 15.4. The minimum Gasteiger partial charge on any atom is -0.330 e. The van der Waals surface area contributed by atoms with Crippen molar-refractivity contribution in [3.63, 3.8) is 0 Å². The van der Waals surface area contributed by atoms with Crippen LogP contribution in [0.2, 0.25) is 0 Å². The minimum absolute atomic E-state index is 0.0830. The van der Waals surface area contributed by atoms with Gasteiger partial charge < -0.3 is 4.57 Å². The lowest BCUT2D eigenvalue weighted by atomic mass is 10.1. The van der Waals surface area contributed by atoms with Crippen LogP contribution >= 0.6 is 0 Å². The summed E-state index contributed by atoms with van der Waals surface area (Å²) >= 11 is 0.